The molecule has 0 aliphatic rings. The third-order valence-corrected chi connectivity index (χ3v) is 9.26. The number of aromatic nitrogens is 2. The van der Waals surface area contributed by atoms with Crippen molar-refractivity contribution in [1.82, 2.24) is 4.57 Å². The third-order valence-electron chi connectivity index (χ3n) is 9.26. The molecule has 0 aliphatic carbocycles. The number of imidazole rings is 1. The van der Waals surface area contributed by atoms with Crippen LogP contribution in [0.4, 0.5) is 0 Å². The summed E-state index contributed by atoms with van der Waals surface area (Å²) >= 11 is 0. The average molecular weight is 580 g/mol. The molecular weight excluding hydrogens is 508 g/mol. The summed E-state index contributed by atoms with van der Waals surface area (Å²) in [5.74, 6) is 1.41. The SMILES string of the molecule is CCCCCCCCCCCCCCCCC[n+]1ccn(CCCCCCCCCCCCCC)c1-c1ccccc1. The van der Waals surface area contributed by atoms with E-state index in [-0.39, 0.29) is 0 Å². The second-order valence-electron chi connectivity index (χ2n) is 13.2. The Bertz CT molecular complexity index is 823. The number of unbranched alkanes of at least 4 members (excludes halogenated alkanes) is 25. The molecule has 0 amide bonds. The molecule has 0 saturated heterocycles. The van der Waals surface area contributed by atoms with Crippen molar-refractivity contribution in [3.8, 4) is 11.4 Å². The van der Waals surface area contributed by atoms with Gasteiger partial charge in [-0.25, -0.2) is 9.13 Å². The second kappa shape index (κ2) is 27.0. The van der Waals surface area contributed by atoms with Crippen LogP contribution in [0.25, 0.3) is 11.4 Å². The van der Waals surface area contributed by atoms with Crippen molar-refractivity contribution in [1.29, 1.82) is 0 Å². The number of aryl methyl sites for hydroxylation is 2. The van der Waals surface area contributed by atoms with Gasteiger partial charge in [0.25, 0.3) is 5.82 Å². The first-order valence-corrected chi connectivity index (χ1v) is 19.0. The van der Waals surface area contributed by atoms with E-state index in [9.17, 15) is 0 Å². The second-order valence-corrected chi connectivity index (χ2v) is 13.2. The molecule has 42 heavy (non-hydrogen) atoms. The summed E-state index contributed by atoms with van der Waals surface area (Å²) in [5.41, 5.74) is 1.36. The van der Waals surface area contributed by atoms with Crippen molar-refractivity contribution < 1.29 is 4.57 Å². The number of nitrogens with zero attached hydrogens (tertiary/aromatic N) is 2. The van der Waals surface area contributed by atoms with E-state index >= 15 is 0 Å². The Balaban J connectivity index is 1.56. The minimum atomic E-state index is 1.15. The molecule has 0 N–H and O–H groups in total. The van der Waals surface area contributed by atoms with E-state index < -0.39 is 0 Å². The standard InChI is InChI=1S/C40H71N2/c1-3-5-7-9-11-13-15-17-18-19-21-23-25-27-32-36-42-38-37-41(40(42)39-33-29-28-30-34-39)35-31-26-24-22-20-16-14-12-10-8-6-4-2/h28-30,33-34,37-38H,3-27,31-32,35-36H2,1-2H3/q+1. The molecule has 0 saturated carbocycles. The van der Waals surface area contributed by atoms with Gasteiger partial charge in [-0.2, -0.15) is 0 Å². The molecule has 2 nitrogen and oxygen atoms in total. The van der Waals surface area contributed by atoms with Crippen LogP contribution in [0.5, 0.6) is 0 Å². The predicted octanol–water partition coefficient (Wildman–Crippen LogP) is 13.0. The molecule has 2 rings (SSSR count). The molecule has 0 radical (unpaired) electrons. The highest BCUT2D eigenvalue weighted by molar-refractivity contribution is 5.52. The fourth-order valence-corrected chi connectivity index (χ4v) is 6.52. The van der Waals surface area contributed by atoms with Gasteiger partial charge in [-0.3, -0.25) is 0 Å². The monoisotopic (exact) mass is 580 g/mol. The lowest BCUT2D eigenvalue weighted by Gasteiger charge is -2.07. The van der Waals surface area contributed by atoms with Crippen molar-refractivity contribution in [2.24, 2.45) is 0 Å². The van der Waals surface area contributed by atoms with E-state index in [1.807, 2.05) is 0 Å². The van der Waals surface area contributed by atoms with Gasteiger partial charge < -0.3 is 0 Å². The van der Waals surface area contributed by atoms with Gasteiger partial charge >= 0.3 is 0 Å². The number of rotatable bonds is 30. The van der Waals surface area contributed by atoms with Crippen molar-refractivity contribution in [3.05, 3.63) is 42.7 Å². The third kappa shape index (κ3) is 18.2. The smallest absolute Gasteiger partial charge is 0.230 e. The van der Waals surface area contributed by atoms with Gasteiger partial charge in [0.1, 0.15) is 12.4 Å². The van der Waals surface area contributed by atoms with Crippen LogP contribution in [-0.2, 0) is 13.1 Å². The van der Waals surface area contributed by atoms with Crippen LogP contribution < -0.4 is 4.57 Å². The lowest BCUT2D eigenvalue weighted by molar-refractivity contribution is -0.686. The van der Waals surface area contributed by atoms with Gasteiger partial charge in [-0.15, -0.1) is 0 Å². The molecule has 0 fully saturated rings. The molecule has 1 aromatic carbocycles. The number of benzene rings is 1. The molecule has 0 unspecified atom stereocenters. The molecule has 2 aromatic rings. The van der Waals surface area contributed by atoms with Crippen LogP contribution in [-0.4, -0.2) is 4.57 Å². The van der Waals surface area contributed by atoms with Gasteiger partial charge in [0, 0.05) is 0 Å². The lowest BCUT2D eigenvalue weighted by Crippen LogP contribution is -2.34. The van der Waals surface area contributed by atoms with Gasteiger partial charge in [0.15, 0.2) is 0 Å². The molecule has 0 aliphatic heterocycles. The lowest BCUT2D eigenvalue weighted by atomic mass is 10.0. The van der Waals surface area contributed by atoms with E-state index in [0.717, 1.165) is 13.1 Å². The van der Waals surface area contributed by atoms with Gasteiger partial charge in [-0.1, -0.05) is 180 Å². The first-order valence-electron chi connectivity index (χ1n) is 19.0. The normalized spacial score (nSPS) is 11.5. The zero-order valence-corrected chi connectivity index (χ0v) is 28.4. The Morgan fingerprint density at radius 2 is 0.833 bits per heavy atom. The number of hydrogen-bond acceptors (Lipinski definition) is 0. The van der Waals surface area contributed by atoms with Crippen molar-refractivity contribution >= 4 is 0 Å². The van der Waals surface area contributed by atoms with Crippen LogP contribution in [0.3, 0.4) is 0 Å². The van der Waals surface area contributed by atoms with Crippen LogP contribution in [0.15, 0.2) is 42.7 Å². The highest BCUT2D eigenvalue weighted by atomic mass is 15.1. The van der Waals surface area contributed by atoms with Crippen molar-refractivity contribution in [2.45, 2.75) is 200 Å². The molecule has 0 spiro atoms. The van der Waals surface area contributed by atoms with Crippen molar-refractivity contribution in [2.75, 3.05) is 0 Å². The van der Waals surface area contributed by atoms with E-state index in [2.05, 4.69) is 65.7 Å². The topological polar surface area (TPSA) is 8.81 Å². The largest absolute Gasteiger partial charge is 0.288 e. The Morgan fingerprint density at radius 1 is 0.452 bits per heavy atom. The molecule has 1 aromatic heterocycles. The molecular formula is C40H71N2+. The first-order chi connectivity index (χ1) is 20.9. The Morgan fingerprint density at radius 3 is 1.26 bits per heavy atom. The highest BCUT2D eigenvalue weighted by Gasteiger charge is 2.18. The summed E-state index contributed by atoms with van der Waals surface area (Å²) in [5, 5.41) is 0. The Labute approximate surface area is 263 Å². The van der Waals surface area contributed by atoms with Crippen LogP contribution in [0, 0.1) is 0 Å². The maximum absolute atomic E-state index is 2.53. The average Bonchev–Trinajstić information content (AvgIpc) is 3.42. The van der Waals surface area contributed by atoms with E-state index in [0.29, 0.717) is 0 Å². The highest BCUT2D eigenvalue weighted by Crippen LogP contribution is 2.19. The maximum Gasteiger partial charge on any atom is 0.288 e. The quantitative estimate of drug-likeness (QED) is 0.0643. The van der Waals surface area contributed by atoms with Gasteiger partial charge in [0.2, 0.25) is 0 Å². The summed E-state index contributed by atoms with van der Waals surface area (Å²) in [4.78, 5) is 0. The molecule has 0 atom stereocenters. The zero-order chi connectivity index (χ0) is 29.8. The maximum atomic E-state index is 2.53. The number of hydrogen-bond donors (Lipinski definition) is 0. The molecule has 1 heterocycles. The van der Waals surface area contributed by atoms with E-state index in [1.165, 1.54) is 185 Å². The van der Waals surface area contributed by atoms with E-state index in [4.69, 9.17) is 0 Å². The van der Waals surface area contributed by atoms with E-state index in [1.54, 1.807) is 0 Å². The summed E-state index contributed by atoms with van der Waals surface area (Å²) in [6.45, 7) is 6.90. The Hall–Kier alpha value is -1.57. The fraction of sp³-hybridized carbons (Fsp3) is 0.775. The molecule has 0 bridgehead atoms. The fourth-order valence-electron chi connectivity index (χ4n) is 6.52. The van der Waals surface area contributed by atoms with Crippen molar-refractivity contribution in [3.63, 3.8) is 0 Å². The molecule has 240 valence electrons. The summed E-state index contributed by atoms with van der Waals surface area (Å²) in [6, 6.07) is 11.1. The minimum absolute atomic E-state index is 1.15. The van der Waals surface area contributed by atoms with Crippen LogP contribution in [0.2, 0.25) is 0 Å². The van der Waals surface area contributed by atoms with Crippen LogP contribution >= 0.6 is 0 Å². The minimum Gasteiger partial charge on any atom is -0.230 e. The summed E-state index contributed by atoms with van der Waals surface area (Å²) < 4.78 is 5.05. The zero-order valence-electron chi connectivity index (χ0n) is 28.4. The first kappa shape index (κ1) is 36.6. The van der Waals surface area contributed by atoms with Crippen LogP contribution in [0.1, 0.15) is 187 Å². The molecule has 2 heteroatoms. The summed E-state index contributed by atoms with van der Waals surface area (Å²) in [6.07, 6.45) is 43.0. The van der Waals surface area contributed by atoms with Gasteiger partial charge in [0.05, 0.1) is 18.7 Å². The predicted molar refractivity (Wildman–Crippen MR) is 186 cm³/mol. The Kier molecular flexibility index (Phi) is 23.6. The van der Waals surface area contributed by atoms with Gasteiger partial charge in [-0.05, 0) is 37.8 Å². The summed E-state index contributed by atoms with van der Waals surface area (Å²) in [7, 11) is 0.